The molecule has 2 heterocycles. The number of aromatic nitrogens is 2. The van der Waals surface area contributed by atoms with Gasteiger partial charge in [0.1, 0.15) is 6.10 Å². The Bertz CT molecular complexity index is 578. The lowest BCUT2D eigenvalue weighted by molar-refractivity contribution is -0.124. The normalized spacial score (nSPS) is 17.9. The van der Waals surface area contributed by atoms with Gasteiger partial charge in [-0.1, -0.05) is 30.3 Å². The van der Waals surface area contributed by atoms with Crippen LogP contribution in [0.3, 0.4) is 0 Å². The van der Waals surface area contributed by atoms with E-state index in [0.29, 0.717) is 12.4 Å². The average Bonchev–Trinajstić information content (AvgIpc) is 3.03. The fourth-order valence-corrected chi connectivity index (χ4v) is 2.15. The van der Waals surface area contributed by atoms with Crippen LogP contribution in [0.1, 0.15) is 12.8 Å². The fourth-order valence-electron chi connectivity index (χ4n) is 2.15. The number of hydrogen-bond acceptors (Lipinski definition) is 4. The molecule has 1 amide bonds. The van der Waals surface area contributed by atoms with Crippen molar-refractivity contribution in [3.05, 3.63) is 42.5 Å². The smallest absolute Gasteiger partial charge is 0.254 e. The Morgan fingerprint density at radius 3 is 2.65 bits per heavy atom. The minimum atomic E-state index is -0.356. The second-order valence-corrected chi connectivity index (χ2v) is 4.66. The zero-order valence-corrected chi connectivity index (χ0v) is 11.0. The zero-order valence-electron chi connectivity index (χ0n) is 11.0. The number of carbonyl (C=O) groups excluding carboxylic acids is 1. The van der Waals surface area contributed by atoms with Gasteiger partial charge in [0.05, 0.1) is 5.69 Å². The van der Waals surface area contributed by atoms with Crippen LogP contribution in [0.25, 0.3) is 11.3 Å². The predicted octanol–water partition coefficient (Wildman–Crippen LogP) is 2.26. The maximum absolute atomic E-state index is 11.9. The molecule has 0 saturated carbocycles. The lowest BCUT2D eigenvalue weighted by Crippen LogP contribution is -2.27. The van der Waals surface area contributed by atoms with Crippen molar-refractivity contribution in [1.29, 1.82) is 0 Å². The third kappa shape index (κ3) is 2.83. The number of benzene rings is 1. The van der Waals surface area contributed by atoms with Crippen molar-refractivity contribution in [3.63, 3.8) is 0 Å². The Labute approximate surface area is 117 Å². The van der Waals surface area contributed by atoms with Crippen molar-refractivity contribution in [2.45, 2.75) is 18.9 Å². The van der Waals surface area contributed by atoms with Crippen LogP contribution in [-0.4, -0.2) is 28.8 Å². The Morgan fingerprint density at radius 2 is 2.00 bits per heavy atom. The summed E-state index contributed by atoms with van der Waals surface area (Å²) in [7, 11) is 0. The van der Waals surface area contributed by atoms with E-state index in [-0.39, 0.29) is 12.0 Å². The van der Waals surface area contributed by atoms with Gasteiger partial charge in [0.2, 0.25) is 0 Å². The standard InChI is InChI=1S/C15H15N3O2/c19-15(13-7-4-10-20-13)16-14-9-8-12(17-18-14)11-5-2-1-3-6-11/h1-3,5-6,8-9,13H,4,7,10H2,(H,16,18,19)/t13-/m1/s1. The van der Waals surface area contributed by atoms with Gasteiger partial charge in [-0.05, 0) is 25.0 Å². The van der Waals surface area contributed by atoms with E-state index in [1.807, 2.05) is 36.4 Å². The van der Waals surface area contributed by atoms with Crippen molar-refractivity contribution in [2.24, 2.45) is 0 Å². The summed E-state index contributed by atoms with van der Waals surface area (Å²) in [5, 5.41) is 10.9. The van der Waals surface area contributed by atoms with E-state index in [1.54, 1.807) is 6.07 Å². The molecular weight excluding hydrogens is 254 g/mol. The summed E-state index contributed by atoms with van der Waals surface area (Å²) in [6.45, 7) is 0.650. The molecule has 102 valence electrons. The SMILES string of the molecule is O=C(Nc1ccc(-c2ccccc2)nn1)[C@H]1CCCO1. The van der Waals surface area contributed by atoms with E-state index in [2.05, 4.69) is 15.5 Å². The van der Waals surface area contributed by atoms with Crippen LogP contribution in [0, 0.1) is 0 Å². The molecule has 3 rings (SSSR count). The molecule has 1 atom stereocenters. The van der Waals surface area contributed by atoms with Crippen LogP contribution in [0.2, 0.25) is 0 Å². The number of nitrogens with one attached hydrogen (secondary N) is 1. The lowest BCUT2D eigenvalue weighted by atomic mass is 10.1. The summed E-state index contributed by atoms with van der Waals surface area (Å²) in [4.78, 5) is 11.9. The molecular formula is C15H15N3O2. The summed E-state index contributed by atoms with van der Waals surface area (Å²) in [6, 6.07) is 13.4. The van der Waals surface area contributed by atoms with Crippen molar-refractivity contribution < 1.29 is 9.53 Å². The van der Waals surface area contributed by atoms with Gasteiger partial charge in [-0.15, -0.1) is 10.2 Å². The molecule has 1 N–H and O–H groups in total. The Morgan fingerprint density at radius 1 is 1.15 bits per heavy atom. The van der Waals surface area contributed by atoms with Crippen molar-refractivity contribution in [1.82, 2.24) is 10.2 Å². The van der Waals surface area contributed by atoms with Crippen LogP contribution in [-0.2, 0) is 9.53 Å². The largest absolute Gasteiger partial charge is 0.368 e. The first-order chi connectivity index (χ1) is 9.83. The molecule has 1 aliphatic rings. The maximum atomic E-state index is 11.9. The first-order valence-electron chi connectivity index (χ1n) is 6.64. The van der Waals surface area contributed by atoms with Crippen LogP contribution in [0.15, 0.2) is 42.5 Å². The summed E-state index contributed by atoms with van der Waals surface area (Å²) >= 11 is 0. The van der Waals surface area contributed by atoms with Crippen molar-refractivity contribution in [2.75, 3.05) is 11.9 Å². The van der Waals surface area contributed by atoms with Gasteiger partial charge >= 0.3 is 0 Å². The maximum Gasteiger partial charge on any atom is 0.254 e. The Balaban J connectivity index is 1.68. The number of ether oxygens (including phenoxy) is 1. The van der Waals surface area contributed by atoms with E-state index in [4.69, 9.17) is 4.74 Å². The monoisotopic (exact) mass is 269 g/mol. The van der Waals surface area contributed by atoms with E-state index in [0.717, 1.165) is 24.1 Å². The van der Waals surface area contributed by atoms with E-state index in [1.165, 1.54) is 0 Å². The van der Waals surface area contributed by atoms with E-state index >= 15 is 0 Å². The molecule has 0 bridgehead atoms. The van der Waals surface area contributed by atoms with Gasteiger partial charge in [-0.2, -0.15) is 0 Å². The van der Waals surface area contributed by atoms with Gasteiger partial charge in [-0.25, -0.2) is 0 Å². The molecule has 20 heavy (non-hydrogen) atoms. The quantitative estimate of drug-likeness (QED) is 0.928. The highest BCUT2D eigenvalue weighted by Gasteiger charge is 2.23. The number of hydrogen-bond donors (Lipinski definition) is 1. The second-order valence-electron chi connectivity index (χ2n) is 4.66. The molecule has 2 aromatic rings. The molecule has 1 saturated heterocycles. The van der Waals surface area contributed by atoms with Gasteiger partial charge in [0.15, 0.2) is 5.82 Å². The third-order valence-corrected chi connectivity index (χ3v) is 3.21. The predicted molar refractivity (Wildman–Crippen MR) is 75.1 cm³/mol. The highest BCUT2D eigenvalue weighted by Crippen LogP contribution is 2.17. The highest BCUT2D eigenvalue weighted by atomic mass is 16.5. The van der Waals surface area contributed by atoms with Crippen molar-refractivity contribution >= 4 is 11.7 Å². The van der Waals surface area contributed by atoms with Crippen molar-refractivity contribution in [3.8, 4) is 11.3 Å². The third-order valence-electron chi connectivity index (χ3n) is 3.21. The minimum absolute atomic E-state index is 0.149. The number of rotatable bonds is 3. The molecule has 1 aromatic heterocycles. The number of carbonyl (C=O) groups is 1. The first-order valence-corrected chi connectivity index (χ1v) is 6.64. The lowest BCUT2D eigenvalue weighted by Gasteiger charge is -2.09. The summed E-state index contributed by atoms with van der Waals surface area (Å²) < 4.78 is 5.32. The number of nitrogens with zero attached hydrogens (tertiary/aromatic N) is 2. The zero-order chi connectivity index (χ0) is 13.8. The van der Waals surface area contributed by atoms with Gasteiger partial charge in [-0.3, -0.25) is 4.79 Å². The minimum Gasteiger partial charge on any atom is -0.368 e. The molecule has 1 aliphatic heterocycles. The summed E-state index contributed by atoms with van der Waals surface area (Å²) in [5.74, 6) is 0.300. The highest BCUT2D eigenvalue weighted by molar-refractivity contribution is 5.93. The topological polar surface area (TPSA) is 64.1 Å². The average molecular weight is 269 g/mol. The van der Waals surface area contributed by atoms with Gasteiger partial charge in [0.25, 0.3) is 5.91 Å². The van der Waals surface area contributed by atoms with Crippen LogP contribution in [0.4, 0.5) is 5.82 Å². The van der Waals surface area contributed by atoms with Crippen LogP contribution in [0.5, 0.6) is 0 Å². The number of amides is 1. The first kappa shape index (κ1) is 12.7. The van der Waals surface area contributed by atoms with E-state index < -0.39 is 0 Å². The molecule has 0 aliphatic carbocycles. The summed E-state index contributed by atoms with van der Waals surface area (Å²) in [6.07, 6.45) is 1.34. The molecule has 1 aromatic carbocycles. The van der Waals surface area contributed by atoms with Crippen LogP contribution < -0.4 is 5.32 Å². The number of anilines is 1. The van der Waals surface area contributed by atoms with Gasteiger partial charge in [0, 0.05) is 12.2 Å². The Hall–Kier alpha value is -2.27. The molecule has 1 fully saturated rings. The second kappa shape index (κ2) is 5.79. The molecule has 5 nitrogen and oxygen atoms in total. The molecule has 0 spiro atoms. The Kier molecular flexibility index (Phi) is 3.69. The summed E-state index contributed by atoms with van der Waals surface area (Å²) in [5.41, 5.74) is 1.78. The van der Waals surface area contributed by atoms with E-state index in [9.17, 15) is 4.79 Å². The molecule has 5 heteroatoms. The van der Waals surface area contributed by atoms with Gasteiger partial charge < -0.3 is 10.1 Å². The fraction of sp³-hybridized carbons (Fsp3) is 0.267. The van der Waals surface area contributed by atoms with Crippen LogP contribution >= 0.6 is 0 Å². The molecule has 0 radical (unpaired) electrons. The molecule has 0 unspecified atom stereocenters.